The van der Waals surface area contributed by atoms with E-state index in [-0.39, 0.29) is 12.2 Å². The topological polar surface area (TPSA) is 53.8 Å². The Kier molecular flexibility index (Phi) is 4.18. The van der Waals surface area contributed by atoms with Gasteiger partial charge in [-0.1, -0.05) is 0 Å². The molecule has 0 aromatic heterocycles. The number of aliphatic hydroxyl groups excluding tert-OH is 1. The van der Waals surface area contributed by atoms with Crippen LogP contribution in [0.4, 0.5) is 0 Å². The number of hydrogen-bond acceptors (Lipinski definition) is 4. The Hall–Kier alpha value is -0.610. The Labute approximate surface area is 79.0 Å². The van der Waals surface area contributed by atoms with Gasteiger partial charge >= 0.3 is 0 Å². The molecular formula is C9H18N2O2. The lowest BCUT2D eigenvalue weighted by atomic mass is 10.1. The van der Waals surface area contributed by atoms with Gasteiger partial charge in [0, 0.05) is 18.6 Å². The molecule has 2 N–H and O–H groups in total. The fraction of sp³-hybridized carbons (Fsp3) is 0.889. The van der Waals surface area contributed by atoms with Crippen molar-refractivity contribution >= 4 is 5.71 Å². The minimum Gasteiger partial charge on any atom is -0.392 e. The second-order valence-corrected chi connectivity index (χ2v) is 3.52. The molecule has 4 heteroatoms. The maximum Gasteiger partial charge on any atom is 0.0701 e. The predicted molar refractivity (Wildman–Crippen MR) is 51.8 cm³/mol. The summed E-state index contributed by atoms with van der Waals surface area (Å²) < 4.78 is 5.38. The molecule has 0 aromatic carbocycles. The zero-order valence-electron chi connectivity index (χ0n) is 8.29. The first-order chi connectivity index (χ1) is 6.18. The first kappa shape index (κ1) is 10.5. The van der Waals surface area contributed by atoms with Crippen LogP contribution in [0.1, 0.15) is 26.7 Å². The summed E-state index contributed by atoms with van der Waals surface area (Å²) in [5.74, 6) is 0. The molecule has 2 atom stereocenters. The van der Waals surface area contributed by atoms with Crippen LogP contribution in [0.25, 0.3) is 0 Å². The van der Waals surface area contributed by atoms with E-state index in [0.29, 0.717) is 6.54 Å². The summed E-state index contributed by atoms with van der Waals surface area (Å²) in [7, 11) is 0. The van der Waals surface area contributed by atoms with Gasteiger partial charge in [-0.05, 0) is 13.8 Å². The normalized spacial score (nSPS) is 28.8. The number of ether oxygens (including phenoxy) is 1. The molecule has 76 valence electrons. The van der Waals surface area contributed by atoms with E-state index >= 15 is 0 Å². The Morgan fingerprint density at radius 2 is 2.54 bits per heavy atom. The maximum atomic E-state index is 8.98. The molecule has 0 amide bonds. The van der Waals surface area contributed by atoms with E-state index in [0.717, 1.165) is 25.2 Å². The molecule has 1 heterocycles. The van der Waals surface area contributed by atoms with E-state index in [1.165, 1.54) is 0 Å². The van der Waals surface area contributed by atoms with Crippen LogP contribution in [0.15, 0.2) is 5.10 Å². The number of aliphatic hydroxyl groups is 1. The zero-order chi connectivity index (χ0) is 9.68. The van der Waals surface area contributed by atoms with Crippen LogP contribution in [0.5, 0.6) is 0 Å². The van der Waals surface area contributed by atoms with Gasteiger partial charge in [0.05, 0.1) is 25.4 Å². The molecule has 0 aliphatic carbocycles. The fourth-order valence-electron chi connectivity index (χ4n) is 1.26. The van der Waals surface area contributed by atoms with Crippen LogP contribution < -0.4 is 5.43 Å². The highest BCUT2D eigenvalue weighted by molar-refractivity contribution is 5.85. The van der Waals surface area contributed by atoms with Crippen molar-refractivity contribution in [3.05, 3.63) is 0 Å². The van der Waals surface area contributed by atoms with Gasteiger partial charge in [0.1, 0.15) is 0 Å². The summed E-state index contributed by atoms with van der Waals surface area (Å²) in [6, 6.07) is 0. The summed E-state index contributed by atoms with van der Waals surface area (Å²) in [5.41, 5.74) is 4.00. The van der Waals surface area contributed by atoms with Crippen molar-refractivity contribution in [2.45, 2.75) is 38.9 Å². The molecule has 1 rings (SSSR count). The van der Waals surface area contributed by atoms with Crippen LogP contribution in [-0.4, -0.2) is 36.2 Å². The van der Waals surface area contributed by atoms with Gasteiger partial charge in [0.15, 0.2) is 0 Å². The third-order valence-corrected chi connectivity index (χ3v) is 1.94. The van der Waals surface area contributed by atoms with Crippen molar-refractivity contribution in [1.29, 1.82) is 0 Å². The molecule has 13 heavy (non-hydrogen) atoms. The number of nitrogens with zero attached hydrogens (tertiary/aromatic N) is 1. The highest BCUT2D eigenvalue weighted by Gasteiger charge is 2.13. The molecule has 2 unspecified atom stereocenters. The van der Waals surface area contributed by atoms with Gasteiger partial charge in [0.25, 0.3) is 0 Å². The molecule has 0 bridgehead atoms. The van der Waals surface area contributed by atoms with E-state index < -0.39 is 0 Å². The van der Waals surface area contributed by atoms with Crippen LogP contribution >= 0.6 is 0 Å². The van der Waals surface area contributed by atoms with Gasteiger partial charge < -0.3 is 15.3 Å². The number of nitrogens with one attached hydrogen (secondary N) is 1. The lowest BCUT2D eigenvalue weighted by Gasteiger charge is -2.20. The van der Waals surface area contributed by atoms with Gasteiger partial charge in [0.2, 0.25) is 0 Å². The Morgan fingerprint density at radius 1 is 1.77 bits per heavy atom. The van der Waals surface area contributed by atoms with Crippen molar-refractivity contribution < 1.29 is 9.84 Å². The van der Waals surface area contributed by atoms with E-state index in [1.54, 1.807) is 6.92 Å². The predicted octanol–water partition coefficient (Wildman–Crippen LogP) is 0.512. The standard InChI is InChI=1S/C9H18N2O2/c1-7(12)6-10-11-9-3-4-13-8(2)5-9/h7-8,10,12H,3-6H2,1-2H3/b11-9-. The lowest BCUT2D eigenvalue weighted by molar-refractivity contribution is 0.0631. The Bertz CT molecular complexity index is 180. The first-order valence-corrected chi connectivity index (χ1v) is 4.76. The minimum absolute atomic E-state index is 0.279. The lowest BCUT2D eigenvalue weighted by Crippen LogP contribution is -2.27. The van der Waals surface area contributed by atoms with E-state index in [2.05, 4.69) is 10.5 Å². The monoisotopic (exact) mass is 186 g/mol. The summed E-state index contributed by atoms with van der Waals surface area (Å²) in [5, 5.41) is 13.2. The van der Waals surface area contributed by atoms with Crippen LogP contribution in [0.3, 0.4) is 0 Å². The van der Waals surface area contributed by atoms with Crippen molar-refractivity contribution in [2.75, 3.05) is 13.2 Å². The molecule has 0 saturated carbocycles. The molecule has 1 fully saturated rings. The van der Waals surface area contributed by atoms with E-state index in [4.69, 9.17) is 9.84 Å². The Balaban J connectivity index is 2.25. The summed E-state index contributed by atoms with van der Waals surface area (Å²) in [6.07, 6.45) is 1.73. The smallest absolute Gasteiger partial charge is 0.0701 e. The van der Waals surface area contributed by atoms with Crippen molar-refractivity contribution in [3.63, 3.8) is 0 Å². The molecule has 4 nitrogen and oxygen atoms in total. The third-order valence-electron chi connectivity index (χ3n) is 1.94. The second-order valence-electron chi connectivity index (χ2n) is 3.52. The summed E-state index contributed by atoms with van der Waals surface area (Å²) >= 11 is 0. The molecule has 1 saturated heterocycles. The highest BCUT2D eigenvalue weighted by Crippen LogP contribution is 2.09. The third kappa shape index (κ3) is 4.24. The van der Waals surface area contributed by atoms with Crippen LogP contribution in [-0.2, 0) is 4.74 Å². The van der Waals surface area contributed by atoms with Crippen molar-refractivity contribution in [2.24, 2.45) is 5.10 Å². The summed E-state index contributed by atoms with van der Waals surface area (Å²) in [4.78, 5) is 0. The molecule has 0 aromatic rings. The van der Waals surface area contributed by atoms with Gasteiger partial charge in [-0.3, -0.25) is 0 Å². The van der Waals surface area contributed by atoms with E-state index in [9.17, 15) is 0 Å². The molecule has 0 radical (unpaired) electrons. The maximum absolute atomic E-state index is 8.98. The molecule has 1 aliphatic rings. The molecular weight excluding hydrogens is 168 g/mol. The quantitative estimate of drug-likeness (QED) is 0.631. The van der Waals surface area contributed by atoms with Gasteiger partial charge in [-0.15, -0.1) is 0 Å². The minimum atomic E-state index is -0.346. The second kappa shape index (κ2) is 5.19. The average Bonchev–Trinajstić information content (AvgIpc) is 2.03. The van der Waals surface area contributed by atoms with Gasteiger partial charge in [-0.25, -0.2) is 0 Å². The largest absolute Gasteiger partial charge is 0.392 e. The van der Waals surface area contributed by atoms with Crippen LogP contribution in [0, 0.1) is 0 Å². The number of rotatable bonds is 3. The number of hydrazone groups is 1. The summed E-state index contributed by atoms with van der Waals surface area (Å²) in [6.45, 7) is 5.05. The Morgan fingerprint density at radius 3 is 3.15 bits per heavy atom. The van der Waals surface area contributed by atoms with E-state index in [1.807, 2.05) is 6.92 Å². The molecule has 0 spiro atoms. The zero-order valence-corrected chi connectivity index (χ0v) is 8.29. The highest BCUT2D eigenvalue weighted by atomic mass is 16.5. The first-order valence-electron chi connectivity index (χ1n) is 4.76. The van der Waals surface area contributed by atoms with Crippen molar-refractivity contribution in [1.82, 2.24) is 5.43 Å². The van der Waals surface area contributed by atoms with Crippen molar-refractivity contribution in [3.8, 4) is 0 Å². The van der Waals surface area contributed by atoms with Crippen LogP contribution in [0.2, 0.25) is 0 Å². The molecule has 1 aliphatic heterocycles. The SMILES string of the molecule is CC(O)CN/N=C1/CCOC(C)C1. The van der Waals surface area contributed by atoms with Gasteiger partial charge in [-0.2, -0.15) is 5.10 Å². The fourth-order valence-corrected chi connectivity index (χ4v) is 1.26. The number of hydrogen-bond donors (Lipinski definition) is 2. The average molecular weight is 186 g/mol.